The van der Waals surface area contributed by atoms with Gasteiger partial charge in [0.25, 0.3) is 11.1 Å². The summed E-state index contributed by atoms with van der Waals surface area (Å²) in [4.78, 5) is 37.6. The van der Waals surface area contributed by atoms with Crippen molar-refractivity contribution in [1.29, 1.82) is 0 Å². The molecule has 3 N–H and O–H groups in total. The van der Waals surface area contributed by atoms with E-state index < -0.39 is 23.6 Å². The van der Waals surface area contributed by atoms with Crippen LogP contribution in [0.2, 0.25) is 0 Å². The van der Waals surface area contributed by atoms with Gasteiger partial charge in [-0.3, -0.25) is 19.3 Å². The molecule has 27 heavy (non-hydrogen) atoms. The number of hydrogen-bond donors (Lipinski definition) is 3. The van der Waals surface area contributed by atoms with Crippen LogP contribution in [0.25, 0.3) is 6.08 Å². The van der Waals surface area contributed by atoms with Gasteiger partial charge in [0.05, 0.1) is 4.91 Å². The molecule has 0 aliphatic carbocycles. The molecular weight excluding hydrogens is 368 g/mol. The molecule has 7 nitrogen and oxygen atoms in total. The third-order valence-electron chi connectivity index (χ3n) is 3.81. The van der Waals surface area contributed by atoms with Crippen molar-refractivity contribution in [3.63, 3.8) is 0 Å². The molecule has 0 aromatic heterocycles. The Kier molecular flexibility index (Phi) is 5.18. The first-order chi connectivity index (χ1) is 12.8. The summed E-state index contributed by atoms with van der Waals surface area (Å²) in [5.74, 6) is -1.45. The Morgan fingerprint density at radius 1 is 1.15 bits per heavy atom. The molecule has 3 amide bonds. The van der Waals surface area contributed by atoms with E-state index in [0.717, 1.165) is 16.5 Å². The number of benzene rings is 2. The first-order valence-electron chi connectivity index (χ1n) is 7.97. The van der Waals surface area contributed by atoms with E-state index in [1.165, 1.54) is 18.2 Å². The highest BCUT2D eigenvalue weighted by Crippen LogP contribution is 2.34. The van der Waals surface area contributed by atoms with Crippen LogP contribution in [-0.2, 0) is 9.59 Å². The molecule has 0 bridgehead atoms. The van der Waals surface area contributed by atoms with Gasteiger partial charge >= 0.3 is 0 Å². The maximum atomic E-state index is 12.4. The van der Waals surface area contributed by atoms with Gasteiger partial charge in [-0.1, -0.05) is 17.7 Å². The Morgan fingerprint density at radius 2 is 1.85 bits per heavy atom. The normalized spacial score (nSPS) is 15.4. The quantitative estimate of drug-likeness (QED) is 0.700. The maximum absolute atomic E-state index is 12.4. The number of aryl methyl sites for hydroxylation is 1. The van der Waals surface area contributed by atoms with Gasteiger partial charge in [0, 0.05) is 17.3 Å². The van der Waals surface area contributed by atoms with E-state index in [1.807, 2.05) is 19.1 Å². The fraction of sp³-hybridized carbons (Fsp3) is 0.105. The van der Waals surface area contributed by atoms with Gasteiger partial charge in [-0.05, 0) is 49.0 Å². The lowest BCUT2D eigenvalue weighted by Gasteiger charge is -2.12. The number of nitrogens with one attached hydrogen (secondary N) is 1. The topological polar surface area (TPSA) is 107 Å². The molecule has 0 radical (unpaired) electrons. The highest BCUT2D eigenvalue weighted by Gasteiger charge is 2.36. The van der Waals surface area contributed by atoms with Crippen molar-refractivity contribution in [2.45, 2.75) is 6.92 Å². The molecule has 1 heterocycles. The van der Waals surface area contributed by atoms with Crippen molar-refractivity contribution in [3.05, 3.63) is 58.5 Å². The average Bonchev–Trinajstić information content (AvgIpc) is 2.87. The number of thioether (sulfide) groups is 1. The number of amides is 3. The van der Waals surface area contributed by atoms with Gasteiger partial charge in [-0.2, -0.15) is 0 Å². The number of aromatic hydroxyl groups is 2. The van der Waals surface area contributed by atoms with E-state index >= 15 is 0 Å². The number of rotatable bonds is 4. The van der Waals surface area contributed by atoms with Crippen LogP contribution in [0.15, 0.2) is 47.4 Å². The summed E-state index contributed by atoms with van der Waals surface area (Å²) in [6.07, 6.45) is 1.34. The zero-order chi connectivity index (χ0) is 19.6. The zero-order valence-electron chi connectivity index (χ0n) is 14.3. The lowest BCUT2D eigenvalue weighted by molar-refractivity contribution is -0.127. The summed E-state index contributed by atoms with van der Waals surface area (Å²) in [5, 5.41) is 21.2. The number of carbonyl (C=O) groups excluding carboxylic acids is 3. The minimum absolute atomic E-state index is 0.0872. The molecule has 1 fully saturated rings. The minimum atomic E-state index is -0.614. The molecule has 1 saturated heterocycles. The van der Waals surface area contributed by atoms with Gasteiger partial charge in [0.2, 0.25) is 5.91 Å². The fourth-order valence-electron chi connectivity index (χ4n) is 2.41. The van der Waals surface area contributed by atoms with E-state index in [-0.39, 0.29) is 22.0 Å². The monoisotopic (exact) mass is 384 g/mol. The van der Waals surface area contributed by atoms with Crippen LogP contribution in [-0.4, -0.2) is 38.7 Å². The second-order valence-electron chi connectivity index (χ2n) is 5.93. The van der Waals surface area contributed by atoms with Crippen molar-refractivity contribution in [1.82, 2.24) is 4.90 Å². The Morgan fingerprint density at radius 3 is 2.52 bits per heavy atom. The first-order valence-corrected chi connectivity index (χ1v) is 8.79. The minimum Gasteiger partial charge on any atom is -0.508 e. The largest absolute Gasteiger partial charge is 0.508 e. The highest BCUT2D eigenvalue weighted by atomic mass is 32.2. The van der Waals surface area contributed by atoms with Gasteiger partial charge in [0.1, 0.15) is 18.0 Å². The Labute approximate surface area is 159 Å². The molecule has 0 unspecified atom stereocenters. The van der Waals surface area contributed by atoms with Crippen molar-refractivity contribution in [3.8, 4) is 11.5 Å². The molecule has 2 aromatic carbocycles. The molecule has 138 valence electrons. The van der Waals surface area contributed by atoms with Crippen molar-refractivity contribution in [2.75, 3.05) is 11.9 Å². The maximum Gasteiger partial charge on any atom is 0.294 e. The number of hydrogen-bond acceptors (Lipinski definition) is 6. The first kappa shape index (κ1) is 18.5. The van der Waals surface area contributed by atoms with Crippen LogP contribution in [0.1, 0.15) is 11.1 Å². The van der Waals surface area contributed by atoms with Crippen LogP contribution in [0.5, 0.6) is 11.5 Å². The van der Waals surface area contributed by atoms with Crippen LogP contribution in [0, 0.1) is 6.92 Å². The molecule has 1 aliphatic rings. The van der Waals surface area contributed by atoms with E-state index in [0.29, 0.717) is 17.4 Å². The number of anilines is 1. The number of carbonyl (C=O) groups is 3. The van der Waals surface area contributed by atoms with Crippen LogP contribution in [0.3, 0.4) is 0 Å². The van der Waals surface area contributed by atoms with E-state index in [1.54, 1.807) is 12.1 Å². The van der Waals surface area contributed by atoms with E-state index in [4.69, 9.17) is 0 Å². The number of imide groups is 1. The third-order valence-corrected chi connectivity index (χ3v) is 4.72. The number of phenols is 2. The van der Waals surface area contributed by atoms with Gasteiger partial charge in [-0.15, -0.1) is 0 Å². The fourth-order valence-corrected chi connectivity index (χ4v) is 3.24. The molecule has 0 saturated carbocycles. The summed E-state index contributed by atoms with van der Waals surface area (Å²) in [7, 11) is 0. The molecule has 1 aliphatic heterocycles. The molecule has 2 aromatic rings. The lowest BCUT2D eigenvalue weighted by Crippen LogP contribution is -2.36. The zero-order valence-corrected chi connectivity index (χ0v) is 15.1. The van der Waals surface area contributed by atoms with Crippen LogP contribution >= 0.6 is 11.8 Å². The summed E-state index contributed by atoms with van der Waals surface area (Å²) >= 11 is 0.685. The van der Waals surface area contributed by atoms with Gasteiger partial charge in [-0.25, -0.2) is 0 Å². The Hall–Kier alpha value is -3.26. The summed E-state index contributed by atoms with van der Waals surface area (Å²) < 4.78 is 0. The van der Waals surface area contributed by atoms with Crippen LogP contribution in [0.4, 0.5) is 10.5 Å². The van der Waals surface area contributed by atoms with E-state index in [2.05, 4.69) is 5.32 Å². The second-order valence-corrected chi connectivity index (χ2v) is 6.92. The smallest absolute Gasteiger partial charge is 0.294 e. The van der Waals surface area contributed by atoms with Crippen LogP contribution < -0.4 is 5.32 Å². The molecule has 3 rings (SSSR count). The van der Waals surface area contributed by atoms with Gasteiger partial charge < -0.3 is 15.5 Å². The molecule has 0 atom stereocenters. The summed E-state index contributed by atoms with van der Waals surface area (Å²) in [6, 6.07) is 11.0. The van der Waals surface area contributed by atoms with Gasteiger partial charge in [0.15, 0.2) is 0 Å². The standard InChI is InChI=1S/C19H16N2O5S/c1-11-2-5-13(6-3-11)20-17(24)10-21-18(25)16(27-19(21)26)8-12-4-7-14(22)9-15(12)23/h2-9,22-23H,10H2,1H3,(H,20,24)/b16-8-. The SMILES string of the molecule is Cc1ccc(NC(=O)CN2C(=O)S/C(=C\c3ccc(O)cc3O)C2=O)cc1. The summed E-state index contributed by atoms with van der Waals surface area (Å²) in [6.45, 7) is 1.52. The predicted octanol–water partition coefficient (Wildman–Crippen LogP) is 3.08. The Bertz CT molecular complexity index is 953. The van der Waals surface area contributed by atoms with Crippen molar-refractivity contribution in [2.24, 2.45) is 0 Å². The molecule has 8 heteroatoms. The second kappa shape index (κ2) is 7.55. The predicted molar refractivity (Wildman–Crippen MR) is 102 cm³/mol. The number of phenolic OH excluding ortho intramolecular Hbond substituents is 2. The van der Waals surface area contributed by atoms with Crippen molar-refractivity contribution >= 4 is 40.6 Å². The molecular formula is C19H16N2O5S. The number of nitrogens with zero attached hydrogens (tertiary/aromatic N) is 1. The highest BCUT2D eigenvalue weighted by molar-refractivity contribution is 8.18. The molecule has 0 spiro atoms. The average molecular weight is 384 g/mol. The van der Waals surface area contributed by atoms with E-state index in [9.17, 15) is 24.6 Å². The lowest BCUT2D eigenvalue weighted by atomic mass is 10.1. The Balaban J connectivity index is 1.71. The van der Waals surface area contributed by atoms with Crippen molar-refractivity contribution < 1.29 is 24.6 Å². The summed E-state index contributed by atoms with van der Waals surface area (Å²) in [5.41, 5.74) is 1.89. The third kappa shape index (κ3) is 4.29.